The highest BCUT2D eigenvalue weighted by atomic mass is 79.9. The largest absolute Gasteiger partial charge is 0.383 e. The van der Waals surface area contributed by atoms with E-state index in [-0.39, 0.29) is 5.56 Å². The van der Waals surface area contributed by atoms with E-state index >= 15 is 0 Å². The van der Waals surface area contributed by atoms with Gasteiger partial charge in [0.1, 0.15) is 11.9 Å². The van der Waals surface area contributed by atoms with E-state index in [0.717, 1.165) is 8.95 Å². The van der Waals surface area contributed by atoms with Crippen molar-refractivity contribution in [1.29, 1.82) is 0 Å². The van der Waals surface area contributed by atoms with Gasteiger partial charge in [-0.2, -0.15) is 0 Å². The van der Waals surface area contributed by atoms with Crippen molar-refractivity contribution in [3.05, 3.63) is 62.5 Å². The van der Waals surface area contributed by atoms with Crippen molar-refractivity contribution >= 4 is 31.9 Å². The van der Waals surface area contributed by atoms with Gasteiger partial charge < -0.3 is 5.11 Å². The molecule has 88 valence electrons. The number of hydrogen-bond acceptors (Lipinski definition) is 2. The summed E-state index contributed by atoms with van der Waals surface area (Å²) in [4.78, 5) is 3.94. The van der Waals surface area contributed by atoms with E-state index < -0.39 is 11.9 Å². The highest BCUT2D eigenvalue weighted by Crippen LogP contribution is 2.27. The van der Waals surface area contributed by atoms with E-state index in [1.807, 2.05) is 0 Å². The Morgan fingerprint density at radius 1 is 1.12 bits per heavy atom. The van der Waals surface area contributed by atoms with E-state index in [0.29, 0.717) is 5.56 Å². The van der Waals surface area contributed by atoms with Crippen LogP contribution >= 0.6 is 31.9 Å². The molecule has 1 aromatic carbocycles. The number of nitrogens with zero attached hydrogens (tertiary/aromatic N) is 1. The zero-order valence-electron chi connectivity index (χ0n) is 8.57. The van der Waals surface area contributed by atoms with Gasteiger partial charge in [0, 0.05) is 32.5 Å². The van der Waals surface area contributed by atoms with Gasteiger partial charge in [-0.05, 0) is 40.2 Å². The predicted molar refractivity (Wildman–Crippen MR) is 70.1 cm³/mol. The SMILES string of the molecule is OC(c1cncc(Br)c1)c1cc(Br)ccc1F. The molecule has 2 rings (SSSR count). The number of pyridine rings is 1. The second kappa shape index (κ2) is 5.25. The lowest BCUT2D eigenvalue weighted by Crippen LogP contribution is -2.03. The van der Waals surface area contributed by atoms with Crippen LogP contribution in [-0.2, 0) is 0 Å². The monoisotopic (exact) mass is 359 g/mol. The van der Waals surface area contributed by atoms with Gasteiger partial charge in [-0.15, -0.1) is 0 Å². The fraction of sp³-hybridized carbons (Fsp3) is 0.0833. The predicted octanol–water partition coefficient (Wildman–Crippen LogP) is 3.83. The van der Waals surface area contributed by atoms with Crippen molar-refractivity contribution < 1.29 is 9.50 Å². The fourth-order valence-electron chi connectivity index (χ4n) is 1.48. The zero-order valence-corrected chi connectivity index (χ0v) is 11.7. The van der Waals surface area contributed by atoms with Gasteiger partial charge in [-0.3, -0.25) is 4.98 Å². The van der Waals surface area contributed by atoms with Crippen LogP contribution in [0.2, 0.25) is 0 Å². The maximum absolute atomic E-state index is 13.6. The minimum Gasteiger partial charge on any atom is -0.383 e. The van der Waals surface area contributed by atoms with Crippen LogP contribution in [0.5, 0.6) is 0 Å². The molecule has 17 heavy (non-hydrogen) atoms. The number of aliphatic hydroxyl groups is 1. The van der Waals surface area contributed by atoms with E-state index in [1.54, 1.807) is 24.4 Å². The number of aliphatic hydroxyl groups excluding tert-OH is 1. The number of aromatic nitrogens is 1. The van der Waals surface area contributed by atoms with Gasteiger partial charge in [0.25, 0.3) is 0 Å². The molecule has 1 N–H and O–H groups in total. The third-order valence-electron chi connectivity index (χ3n) is 2.29. The molecular weight excluding hydrogens is 353 g/mol. The molecule has 1 heterocycles. The molecule has 0 aliphatic heterocycles. The van der Waals surface area contributed by atoms with Gasteiger partial charge in [-0.25, -0.2) is 4.39 Å². The molecule has 0 radical (unpaired) electrons. The van der Waals surface area contributed by atoms with E-state index in [1.165, 1.54) is 12.3 Å². The third-order valence-corrected chi connectivity index (χ3v) is 3.22. The summed E-state index contributed by atoms with van der Waals surface area (Å²) in [6.45, 7) is 0. The molecule has 1 aromatic heterocycles. The van der Waals surface area contributed by atoms with Crippen molar-refractivity contribution in [1.82, 2.24) is 4.98 Å². The first kappa shape index (κ1) is 12.7. The van der Waals surface area contributed by atoms with Crippen LogP contribution in [0.1, 0.15) is 17.2 Å². The van der Waals surface area contributed by atoms with Crippen molar-refractivity contribution in [2.45, 2.75) is 6.10 Å². The molecular formula is C12H8Br2FNO. The first-order chi connectivity index (χ1) is 8.08. The Morgan fingerprint density at radius 3 is 2.59 bits per heavy atom. The average Bonchev–Trinajstić information content (AvgIpc) is 2.31. The van der Waals surface area contributed by atoms with Crippen molar-refractivity contribution in [3.63, 3.8) is 0 Å². The summed E-state index contributed by atoms with van der Waals surface area (Å²) < 4.78 is 15.1. The highest BCUT2D eigenvalue weighted by Gasteiger charge is 2.15. The van der Waals surface area contributed by atoms with Crippen LogP contribution in [0.4, 0.5) is 4.39 Å². The van der Waals surface area contributed by atoms with Gasteiger partial charge >= 0.3 is 0 Å². The van der Waals surface area contributed by atoms with E-state index in [2.05, 4.69) is 36.8 Å². The molecule has 0 fully saturated rings. The molecule has 0 spiro atoms. The maximum atomic E-state index is 13.6. The maximum Gasteiger partial charge on any atom is 0.129 e. The Balaban J connectivity index is 2.43. The quantitative estimate of drug-likeness (QED) is 0.882. The molecule has 0 saturated carbocycles. The minimum atomic E-state index is -1.03. The van der Waals surface area contributed by atoms with Crippen molar-refractivity contribution in [2.24, 2.45) is 0 Å². The summed E-state index contributed by atoms with van der Waals surface area (Å²) in [6, 6.07) is 6.16. The molecule has 2 nitrogen and oxygen atoms in total. The Kier molecular flexibility index (Phi) is 3.91. The summed E-state index contributed by atoms with van der Waals surface area (Å²) in [6.07, 6.45) is 2.08. The zero-order chi connectivity index (χ0) is 12.4. The standard InChI is InChI=1S/C12H8Br2FNO/c13-8-1-2-11(15)10(4-8)12(17)7-3-9(14)6-16-5-7/h1-6,12,17H. The molecule has 0 saturated heterocycles. The summed E-state index contributed by atoms with van der Waals surface area (Å²) in [5.41, 5.74) is 0.760. The first-order valence-electron chi connectivity index (χ1n) is 4.81. The van der Waals surface area contributed by atoms with Crippen molar-refractivity contribution in [3.8, 4) is 0 Å². The van der Waals surface area contributed by atoms with E-state index in [9.17, 15) is 9.50 Å². The summed E-state index contributed by atoms with van der Waals surface area (Å²) in [5.74, 6) is -0.444. The molecule has 0 amide bonds. The smallest absolute Gasteiger partial charge is 0.129 e. The van der Waals surface area contributed by atoms with Crippen LogP contribution in [0.3, 0.4) is 0 Å². The lowest BCUT2D eigenvalue weighted by molar-refractivity contribution is 0.214. The van der Waals surface area contributed by atoms with Crippen LogP contribution < -0.4 is 0 Å². The van der Waals surface area contributed by atoms with Crippen LogP contribution in [0.25, 0.3) is 0 Å². The molecule has 1 unspecified atom stereocenters. The Bertz CT molecular complexity index is 548. The van der Waals surface area contributed by atoms with Gasteiger partial charge in [0.15, 0.2) is 0 Å². The Morgan fingerprint density at radius 2 is 1.88 bits per heavy atom. The Labute approximate surface area is 115 Å². The average molecular weight is 361 g/mol. The molecule has 0 aliphatic carbocycles. The van der Waals surface area contributed by atoms with Crippen LogP contribution in [0.15, 0.2) is 45.6 Å². The second-order valence-corrected chi connectivity index (χ2v) is 5.34. The topological polar surface area (TPSA) is 33.1 Å². The lowest BCUT2D eigenvalue weighted by Gasteiger charge is -2.12. The summed E-state index contributed by atoms with van der Waals surface area (Å²) >= 11 is 6.51. The molecule has 1 atom stereocenters. The molecule has 0 aliphatic rings. The number of halogens is 3. The van der Waals surface area contributed by atoms with Crippen LogP contribution in [-0.4, -0.2) is 10.1 Å². The minimum absolute atomic E-state index is 0.222. The van der Waals surface area contributed by atoms with Crippen LogP contribution in [0, 0.1) is 5.82 Å². The van der Waals surface area contributed by atoms with Crippen molar-refractivity contribution in [2.75, 3.05) is 0 Å². The summed E-state index contributed by atoms with van der Waals surface area (Å²) in [5, 5.41) is 10.1. The first-order valence-corrected chi connectivity index (χ1v) is 6.40. The second-order valence-electron chi connectivity index (χ2n) is 3.50. The van der Waals surface area contributed by atoms with Gasteiger partial charge in [0.05, 0.1) is 0 Å². The third kappa shape index (κ3) is 2.91. The highest BCUT2D eigenvalue weighted by molar-refractivity contribution is 9.10. The Hall–Kier alpha value is -0.780. The fourth-order valence-corrected chi connectivity index (χ4v) is 2.24. The number of benzene rings is 1. The van der Waals surface area contributed by atoms with E-state index in [4.69, 9.17) is 0 Å². The number of rotatable bonds is 2. The molecule has 0 bridgehead atoms. The summed E-state index contributed by atoms with van der Waals surface area (Å²) in [7, 11) is 0. The number of hydrogen-bond donors (Lipinski definition) is 1. The molecule has 2 aromatic rings. The lowest BCUT2D eigenvalue weighted by atomic mass is 10.0. The van der Waals surface area contributed by atoms with Gasteiger partial charge in [0.2, 0.25) is 0 Å². The molecule has 5 heteroatoms. The van der Waals surface area contributed by atoms with Gasteiger partial charge in [-0.1, -0.05) is 15.9 Å². The normalized spacial score (nSPS) is 12.5.